The molecule has 1 fully saturated rings. The molecule has 2 heterocycles. The summed E-state index contributed by atoms with van der Waals surface area (Å²) < 4.78 is 0.917. The molecule has 1 saturated carbocycles. The fraction of sp³-hybridized carbons (Fsp3) is 0.267. The van der Waals surface area contributed by atoms with Gasteiger partial charge in [0.15, 0.2) is 0 Å². The quantitative estimate of drug-likeness (QED) is 0.879. The lowest BCUT2D eigenvalue weighted by Gasteiger charge is -2.10. The Hall–Kier alpha value is -1.79. The number of pyridine rings is 1. The van der Waals surface area contributed by atoms with Crippen LogP contribution >= 0.6 is 15.9 Å². The second kappa shape index (κ2) is 4.89. The molecule has 2 aromatic rings. The number of rotatable bonds is 3. The van der Waals surface area contributed by atoms with Gasteiger partial charge in [0.1, 0.15) is 17.7 Å². The normalized spacial score (nSPS) is 19.6. The number of nitrogens with one attached hydrogen (secondary N) is 1. The van der Waals surface area contributed by atoms with Gasteiger partial charge in [-0.1, -0.05) is 0 Å². The van der Waals surface area contributed by atoms with E-state index in [2.05, 4.69) is 48.6 Å². The third-order valence-electron chi connectivity index (χ3n) is 3.72. The molecule has 1 aliphatic heterocycles. The van der Waals surface area contributed by atoms with Crippen molar-refractivity contribution in [1.29, 1.82) is 0 Å². The highest BCUT2D eigenvalue weighted by Gasteiger charge is 2.22. The van der Waals surface area contributed by atoms with Crippen molar-refractivity contribution >= 4 is 27.4 Å². The molecular formula is C15H14BrN5. The molecule has 4 rings (SSSR count). The number of benzene rings is 1. The maximum atomic E-state index is 5.96. The minimum atomic E-state index is -0.373. The summed E-state index contributed by atoms with van der Waals surface area (Å²) in [4.78, 5) is 4.37. The molecule has 0 amide bonds. The van der Waals surface area contributed by atoms with E-state index >= 15 is 0 Å². The number of nitrogens with two attached hydrogens (primary N) is 1. The first-order chi connectivity index (χ1) is 10.2. The standard InChI is InChI=1S/C15H14BrN5/c16-12-6-9(5-11-14(12)20-21-15(11)17)8-3-4-18-13(7-8)19-10-1-2-10/h3-7,10,15H,1-2,17H2,(H,18,19). The largest absolute Gasteiger partial charge is 0.367 e. The Bertz CT molecular complexity index is 739. The van der Waals surface area contributed by atoms with E-state index in [9.17, 15) is 0 Å². The smallest absolute Gasteiger partial charge is 0.146 e. The molecule has 1 aromatic carbocycles. The molecule has 0 radical (unpaired) electrons. The lowest BCUT2D eigenvalue weighted by Crippen LogP contribution is -2.04. The molecule has 106 valence electrons. The zero-order valence-corrected chi connectivity index (χ0v) is 12.8. The van der Waals surface area contributed by atoms with Crippen LogP contribution in [0.4, 0.5) is 11.5 Å². The van der Waals surface area contributed by atoms with Gasteiger partial charge in [-0.05, 0) is 64.2 Å². The van der Waals surface area contributed by atoms with Crippen molar-refractivity contribution in [3.05, 3.63) is 40.5 Å². The van der Waals surface area contributed by atoms with Crippen LogP contribution in [-0.2, 0) is 0 Å². The van der Waals surface area contributed by atoms with E-state index in [1.165, 1.54) is 12.8 Å². The van der Waals surface area contributed by atoms with Gasteiger partial charge in [-0.15, -0.1) is 0 Å². The van der Waals surface area contributed by atoms with Crippen LogP contribution in [0.2, 0.25) is 0 Å². The Kier molecular flexibility index (Phi) is 3.01. The first kappa shape index (κ1) is 12.9. The fourth-order valence-corrected chi connectivity index (χ4v) is 2.98. The molecule has 0 saturated heterocycles. The predicted octanol–water partition coefficient (Wildman–Crippen LogP) is 4.14. The average Bonchev–Trinajstić information content (AvgIpc) is 3.21. The Morgan fingerprint density at radius 2 is 2.05 bits per heavy atom. The Morgan fingerprint density at radius 1 is 1.19 bits per heavy atom. The van der Waals surface area contributed by atoms with Gasteiger partial charge in [-0.25, -0.2) is 4.98 Å². The topological polar surface area (TPSA) is 75.7 Å². The number of fused-ring (bicyclic) bond motifs is 1. The summed E-state index contributed by atoms with van der Waals surface area (Å²) in [6, 6.07) is 8.76. The van der Waals surface area contributed by atoms with Crippen LogP contribution in [0, 0.1) is 0 Å². The first-order valence-corrected chi connectivity index (χ1v) is 7.73. The van der Waals surface area contributed by atoms with Crippen molar-refractivity contribution in [2.45, 2.75) is 25.0 Å². The zero-order chi connectivity index (χ0) is 14.4. The summed E-state index contributed by atoms with van der Waals surface area (Å²) in [6.07, 6.45) is 3.92. The van der Waals surface area contributed by atoms with Crippen molar-refractivity contribution in [3.63, 3.8) is 0 Å². The highest BCUT2D eigenvalue weighted by atomic mass is 79.9. The van der Waals surface area contributed by atoms with Crippen LogP contribution in [0.15, 0.2) is 45.2 Å². The molecular weight excluding hydrogens is 330 g/mol. The predicted molar refractivity (Wildman–Crippen MR) is 85.5 cm³/mol. The van der Waals surface area contributed by atoms with Crippen LogP contribution in [0.5, 0.6) is 0 Å². The molecule has 1 aromatic heterocycles. The maximum absolute atomic E-state index is 5.96. The molecule has 1 unspecified atom stereocenters. The van der Waals surface area contributed by atoms with Crippen LogP contribution in [0.1, 0.15) is 24.6 Å². The summed E-state index contributed by atoms with van der Waals surface area (Å²) in [6.45, 7) is 0. The Balaban J connectivity index is 1.73. The minimum absolute atomic E-state index is 0.373. The Labute approximate surface area is 130 Å². The average molecular weight is 344 g/mol. The first-order valence-electron chi connectivity index (χ1n) is 6.93. The van der Waals surface area contributed by atoms with Gasteiger partial charge in [0.05, 0.1) is 0 Å². The minimum Gasteiger partial charge on any atom is -0.367 e. The second-order valence-corrected chi connectivity index (χ2v) is 6.26. The van der Waals surface area contributed by atoms with Crippen LogP contribution in [0.3, 0.4) is 0 Å². The van der Waals surface area contributed by atoms with Crippen molar-refractivity contribution in [3.8, 4) is 11.1 Å². The van der Waals surface area contributed by atoms with Crippen LogP contribution < -0.4 is 11.1 Å². The summed E-state index contributed by atoms with van der Waals surface area (Å²) >= 11 is 3.55. The summed E-state index contributed by atoms with van der Waals surface area (Å²) in [7, 11) is 0. The highest BCUT2D eigenvalue weighted by molar-refractivity contribution is 9.10. The number of halogens is 1. The molecule has 0 spiro atoms. The van der Waals surface area contributed by atoms with E-state index in [0.29, 0.717) is 6.04 Å². The van der Waals surface area contributed by atoms with Gasteiger partial charge in [-0.2, -0.15) is 10.2 Å². The fourth-order valence-electron chi connectivity index (χ4n) is 2.43. The Morgan fingerprint density at radius 3 is 2.86 bits per heavy atom. The molecule has 6 heteroatoms. The van der Waals surface area contributed by atoms with Gasteiger partial charge in [-0.3, -0.25) is 0 Å². The van der Waals surface area contributed by atoms with E-state index in [4.69, 9.17) is 5.73 Å². The van der Waals surface area contributed by atoms with E-state index in [-0.39, 0.29) is 6.17 Å². The molecule has 1 atom stereocenters. The van der Waals surface area contributed by atoms with Crippen LogP contribution in [-0.4, -0.2) is 11.0 Å². The van der Waals surface area contributed by atoms with Crippen molar-refractivity contribution in [2.24, 2.45) is 16.0 Å². The van der Waals surface area contributed by atoms with Gasteiger partial charge in [0.25, 0.3) is 0 Å². The lowest BCUT2D eigenvalue weighted by molar-refractivity contribution is 0.769. The van der Waals surface area contributed by atoms with Gasteiger partial charge >= 0.3 is 0 Å². The maximum Gasteiger partial charge on any atom is 0.146 e. The molecule has 3 N–H and O–H groups in total. The van der Waals surface area contributed by atoms with Gasteiger partial charge in [0, 0.05) is 22.3 Å². The molecule has 21 heavy (non-hydrogen) atoms. The molecule has 1 aliphatic carbocycles. The molecule has 2 aliphatic rings. The summed E-state index contributed by atoms with van der Waals surface area (Å²) in [5.74, 6) is 0.922. The molecule has 0 bridgehead atoms. The SMILES string of the molecule is NC1N=Nc2c(Br)cc(-c3ccnc(NC4CC4)c3)cc21. The van der Waals surface area contributed by atoms with Crippen LogP contribution in [0.25, 0.3) is 11.1 Å². The number of nitrogens with zero attached hydrogens (tertiary/aromatic N) is 3. The monoisotopic (exact) mass is 343 g/mol. The number of hydrogen-bond donors (Lipinski definition) is 2. The van der Waals surface area contributed by atoms with E-state index < -0.39 is 0 Å². The summed E-state index contributed by atoms with van der Waals surface area (Å²) in [5, 5.41) is 11.5. The third kappa shape index (κ3) is 2.45. The second-order valence-electron chi connectivity index (χ2n) is 5.40. The van der Waals surface area contributed by atoms with Crippen molar-refractivity contribution in [1.82, 2.24) is 4.98 Å². The zero-order valence-electron chi connectivity index (χ0n) is 11.3. The summed E-state index contributed by atoms with van der Waals surface area (Å²) in [5.41, 5.74) is 9.94. The number of aromatic nitrogens is 1. The third-order valence-corrected chi connectivity index (χ3v) is 4.32. The van der Waals surface area contributed by atoms with Gasteiger partial charge < -0.3 is 11.1 Å². The van der Waals surface area contributed by atoms with Crippen molar-refractivity contribution < 1.29 is 0 Å². The van der Waals surface area contributed by atoms with E-state index in [0.717, 1.165) is 32.7 Å². The number of anilines is 1. The number of hydrogen-bond acceptors (Lipinski definition) is 5. The highest BCUT2D eigenvalue weighted by Crippen LogP contribution is 2.42. The molecule has 5 nitrogen and oxygen atoms in total. The lowest BCUT2D eigenvalue weighted by atomic mass is 10.0. The van der Waals surface area contributed by atoms with E-state index in [1.54, 1.807) is 0 Å². The van der Waals surface area contributed by atoms with E-state index in [1.807, 2.05) is 18.3 Å². The van der Waals surface area contributed by atoms with Crippen molar-refractivity contribution in [2.75, 3.05) is 5.32 Å². The van der Waals surface area contributed by atoms with Gasteiger partial charge in [0.2, 0.25) is 0 Å². The number of azo groups is 1.